The number of benzene rings is 1. The molecule has 1 rings (SSSR count). The molecule has 2 atom stereocenters. The normalized spacial score (nSPS) is 15.4. The predicted molar refractivity (Wildman–Crippen MR) is 80.3 cm³/mol. The number of nitrogens with zero attached hydrogens (tertiary/aromatic N) is 1. The average molecular weight is 276 g/mol. The first-order valence-corrected chi connectivity index (χ1v) is 7.51. The minimum Gasteiger partial charge on any atom is -0.530 e. The number of amides is 1. The van der Waals surface area contributed by atoms with Gasteiger partial charge in [-0.1, -0.05) is 57.0 Å². The maximum atomic E-state index is 11.7. The first-order chi connectivity index (χ1) is 9.46. The number of hydrogen-bond donors (Lipinski definition) is 0. The van der Waals surface area contributed by atoms with Gasteiger partial charge in [0.2, 0.25) is 0 Å². The van der Waals surface area contributed by atoms with Crippen LogP contribution >= 0.6 is 0 Å². The third kappa shape index (κ3) is 3.75. The summed E-state index contributed by atoms with van der Waals surface area (Å²) in [7, 11) is 0. The first-order valence-electron chi connectivity index (χ1n) is 7.51. The lowest BCUT2D eigenvalue weighted by atomic mass is 9.88. The monoisotopic (exact) mass is 276 g/mol. The number of carbonyl (C=O) groups excluding carboxylic acids is 1. The van der Waals surface area contributed by atoms with Crippen LogP contribution in [-0.4, -0.2) is 16.5 Å². The first kappa shape index (κ1) is 16.5. The van der Waals surface area contributed by atoms with Gasteiger partial charge in [0.25, 0.3) is 0 Å². The molecule has 0 saturated heterocycles. The highest BCUT2D eigenvalue weighted by Gasteiger charge is 2.33. The van der Waals surface area contributed by atoms with Crippen molar-refractivity contribution in [2.45, 2.75) is 65.0 Å². The second-order valence-corrected chi connectivity index (χ2v) is 5.68. The summed E-state index contributed by atoms with van der Waals surface area (Å²) in [6.45, 7) is 8.13. The SMILES string of the molecule is CCCCC(C)(CC)N(C(=O)[O-])C(C)c1ccccc1. The minimum absolute atomic E-state index is 0.192. The van der Waals surface area contributed by atoms with Crippen molar-refractivity contribution >= 4 is 6.09 Å². The van der Waals surface area contributed by atoms with Crippen LogP contribution in [0, 0.1) is 0 Å². The third-order valence-corrected chi connectivity index (χ3v) is 4.28. The number of unbranched alkanes of at least 4 members (excludes halogenated alkanes) is 1. The molecule has 0 radical (unpaired) electrons. The second-order valence-electron chi connectivity index (χ2n) is 5.68. The summed E-state index contributed by atoms with van der Waals surface area (Å²) < 4.78 is 0. The molecule has 1 amide bonds. The zero-order valence-corrected chi connectivity index (χ0v) is 13.1. The van der Waals surface area contributed by atoms with E-state index in [-0.39, 0.29) is 11.6 Å². The Kier molecular flexibility index (Phi) is 6.05. The Balaban J connectivity index is 3.06. The number of rotatable bonds is 7. The van der Waals surface area contributed by atoms with Gasteiger partial charge < -0.3 is 14.8 Å². The van der Waals surface area contributed by atoms with Crippen LogP contribution in [0.5, 0.6) is 0 Å². The molecule has 0 aliphatic carbocycles. The van der Waals surface area contributed by atoms with Crippen LogP contribution in [0.25, 0.3) is 0 Å². The van der Waals surface area contributed by atoms with Gasteiger partial charge in [-0.2, -0.15) is 0 Å². The highest BCUT2D eigenvalue weighted by molar-refractivity contribution is 5.64. The van der Waals surface area contributed by atoms with Crippen molar-refractivity contribution in [2.24, 2.45) is 0 Å². The van der Waals surface area contributed by atoms with Crippen LogP contribution in [-0.2, 0) is 0 Å². The molecule has 0 saturated carbocycles. The molecule has 0 spiro atoms. The van der Waals surface area contributed by atoms with E-state index in [9.17, 15) is 9.90 Å². The van der Waals surface area contributed by atoms with Crippen LogP contribution in [0.3, 0.4) is 0 Å². The summed E-state index contributed by atoms with van der Waals surface area (Å²) >= 11 is 0. The van der Waals surface area contributed by atoms with Gasteiger partial charge in [-0.25, -0.2) is 0 Å². The minimum atomic E-state index is -1.08. The summed E-state index contributed by atoms with van der Waals surface area (Å²) in [5, 5.41) is 11.7. The molecule has 0 fully saturated rings. The number of carbonyl (C=O) groups is 1. The largest absolute Gasteiger partial charge is 0.530 e. The maximum absolute atomic E-state index is 11.7. The second kappa shape index (κ2) is 7.32. The van der Waals surface area contributed by atoms with E-state index in [0.29, 0.717) is 0 Å². The van der Waals surface area contributed by atoms with Gasteiger partial charge in [-0.05, 0) is 32.3 Å². The summed E-state index contributed by atoms with van der Waals surface area (Å²) in [6, 6.07) is 9.56. The fraction of sp³-hybridized carbons (Fsp3) is 0.588. The highest BCUT2D eigenvalue weighted by Crippen LogP contribution is 2.33. The topological polar surface area (TPSA) is 43.4 Å². The van der Waals surface area contributed by atoms with Crippen LogP contribution in [0.1, 0.15) is 65.0 Å². The van der Waals surface area contributed by atoms with E-state index < -0.39 is 6.09 Å². The quantitative estimate of drug-likeness (QED) is 0.761. The lowest BCUT2D eigenvalue weighted by Crippen LogP contribution is -2.55. The fourth-order valence-electron chi connectivity index (χ4n) is 2.75. The van der Waals surface area contributed by atoms with Crippen molar-refractivity contribution < 1.29 is 9.90 Å². The van der Waals surface area contributed by atoms with Crippen LogP contribution in [0.2, 0.25) is 0 Å². The molecule has 0 bridgehead atoms. The summed E-state index contributed by atoms with van der Waals surface area (Å²) in [6.07, 6.45) is 2.66. The molecule has 0 aliphatic rings. The molecule has 0 aliphatic heterocycles. The van der Waals surface area contributed by atoms with E-state index in [1.54, 1.807) is 0 Å². The van der Waals surface area contributed by atoms with Crippen molar-refractivity contribution in [1.29, 1.82) is 0 Å². The average Bonchev–Trinajstić information content (AvgIpc) is 2.45. The molecule has 3 heteroatoms. The molecular formula is C17H26NO2-. The molecule has 0 aromatic heterocycles. The van der Waals surface area contributed by atoms with E-state index in [4.69, 9.17) is 0 Å². The van der Waals surface area contributed by atoms with Gasteiger partial charge in [-0.3, -0.25) is 0 Å². The molecule has 20 heavy (non-hydrogen) atoms. The molecule has 112 valence electrons. The molecular weight excluding hydrogens is 250 g/mol. The van der Waals surface area contributed by atoms with E-state index >= 15 is 0 Å². The van der Waals surface area contributed by atoms with E-state index in [1.165, 1.54) is 4.90 Å². The fourth-order valence-corrected chi connectivity index (χ4v) is 2.75. The van der Waals surface area contributed by atoms with Crippen molar-refractivity contribution in [1.82, 2.24) is 4.90 Å². The van der Waals surface area contributed by atoms with Gasteiger partial charge in [0.1, 0.15) is 6.09 Å². The molecule has 1 aromatic rings. The van der Waals surface area contributed by atoms with E-state index in [1.807, 2.05) is 51.1 Å². The third-order valence-electron chi connectivity index (χ3n) is 4.28. The molecule has 2 unspecified atom stereocenters. The van der Waals surface area contributed by atoms with Crippen LogP contribution < -0.4 is 5.11 Å². The van der Waals surface area contributed by atoms with Crippen molar-refractivity contribution in [2.75, 3.05) is 0 Å². The standard InChI is InChI=1S/C17H27NO2/c1-5-7-13-17(4,6-2)18(16(19)20)14(3)15-11-9-8-10-12-15/h8-12,14H,5-7,13H2,1-4H3,(H,19,20)/p-1. The van der Waals surface area contributed by atoms with Gasteiger partial charge in [0.15, 0.2) is 0 Å². The Hall–Kier alpha value is -1.51. The summed E-state index contributed by atoms with van der Waals surface area (Å²) in [5.41, 5.74) is 0.636. The Morgan fingerprint density at radius 1 is 1.30 bits per heavy atom. The van der Waals surface area contributed by atoms with Crippen molar-refractivity contribution in [3.8, 4) is 0 Å². The predicted octanol–water partition coefficient (Wildman–Crippen LogP) is 3.75. The van der Waals surface area contributed by atoms with Gasteiger partial charge in [-0.15, -0.1) is 0 Å². The summed E-state index contributed by atoms with van der Waals surface area (Å²) in [4.78, 5) is 13.2. The zero-order chi connectivity index (χ0) is 15.2. The smallest absolute Gasteiger partial charge is 0.137 e. The highest BCUT2D eigenvalue weighted by atomic mass is 16.4. The molecule has 0 N–H and O–H groups in total. The zero-order valence-electron chi connectivity index (χ0n) is 13.1. The summed E-state index contributed by atoms with van der Waals surface area (Å²) in [5.74, 6) is 0. The molecule has 0 heterocycles. The molecule has 3 nitrogen and oxygen atoms in total. The Morgan fingerprint density at radius 2 is 1.90 bits per heavy atom. The Bertz CT molecular complexity index is 418. The van der Waals surface area contributed by atoms with Gasteiger partial charge in [0, 0.05) is 5.54 Å². The number of hydrogen-bond acceptors (Lipinski definition) is 2. The van der Waals surface area contributed by atoms with Crippen LogP contribution in [0.4, 0.5) is 4.79 Å². The maximum Gasteiger partial charge on any atom is 0.137 e. The Morgan fingerprint density at radius 3 is 2.35 bits per heavy atom. The van der Waals surface area contributed by atoms with Gasteiger partial charge >= 0.3 is 0 Å². The van der Waals surface area contributed by atoms with E-state index in [0.717, 1.165) is 31.2 Å². The van der Waals surface area contributed by atoms with Crippen molar-refractivity contribution in [3.63, 3.8) is 0 Å². The van der Waals surface area contributed by atoms with Gasteiger partial charge in [0.05, 0.1) is 6.04 Å². The van der Waals surface area contributed by atoms with E-state index in [2.05, 4.69) is 6.92 Å². The lowest BCUT2D eigenvalue weighted by Gasteiger charge is -2.47. The lowest BCUT2D eigenvalue weighted by molar-refractivity contribution is -0.275. The Labute approximate surface area is 122 Å². The van der Waals surface area contributed by atoms with Crippen molar-refractivity contribution in [3.05, 3.63) is 35.9 Å². The van der Waals surface area contributed by atoms with Crippen LogP contribution in [0.15, 0.2) is 30.3 Å². The number of carboxylic acid groups (broad SMARTS) is 1. The molecule has 1 aromatic carbocycles.